The second-order valence-corrected chi connectivity index (χ2v) is 8.10. The first kappa shape index (κ1) is 25.6. The van der Waals surface area contributed by atoms with Crippen molar-refractivity contribution in [2.24, 2.45) is 0 Å². The predicted octanol–water partition coefficient (Wildman–Crippen LogP) is 7.36. The average Bonchev–Trinajstić information content (AvgIpc) is 2.90. The topological polar surface area (TPSA) is 56.8 Å². The van der Waals surface area contributed by atoms with Crippen molar-refractivity contribution < 1.29 is 32.2 Å². The number of rotatable bonds is 8. The van der Waals surface area contributed by atoms with Crippen LogP contribution in [0, 0.1) is 0 Å². The summed E-state index contributed by atoms with van der Waals surface area (Å²) >= 11 is 0. The fourth-order valence-electron chi connectivity index (χ4n) is 3.75. The zero-order valence-corrected chi connectivity index (χ0v) is 20.1. The van der Waals surface area contributed by atoms with Gasteiger partial charge in [-0.15, -0.1) is 0 Å². The molecule has 37 heavy (non-hydrogen) atoms. The van der Waals surface area contributed by atoms with Crippen molar-refractivity contribution in [3.63, 3.8) is 0 Å². The zero-order valence-electron chi connectivity index (χ0n) is 20.1. The van der Waals surface area contributed by atoms with E-state index >= 15 is 0 Å². The third-order valence-electron chi connectivity index (χ3n) is 5.63. The van der Waals surface area contributed by atoms with Crippen LogP contribution in [0.5, 0.6) is 23.0 Å². The highest BCUT2D eigenvalue weighted by atomic mass is 19.4. The Kier molecular flexibility index (Phi) is 7.67. The molecule has 0 saturated heterocycles. The lowest BCUT2D eigenvalue weighted by atomic mass is 10.0. The molecule has 0 aromatic heterocycles. The average molecular weight is 508 g/mol. The number of hydrogen-bond acceptors (Lipinski definition) is 4. The van der Waals surface area contributed by atoms with Crippen molar-refractivity contribution in [2.75, 3.05) is 19.5 Å². The third-order valence-corrected chi connectivity index (χ3v) is 5.63. The summed E-state index contributed by atoms with van der Waals surface area (Å²) in [5, 5.41) is 2.56. The van der Waals surface area contributed by atoms with E-state index in [-0.39, 0.29) is 17.0 Å². The van der Waals surface area contributed by atoms with Crippen LogP contribution in [0.15, 0.2) is 91.0 Å². The van der Waals surface area contributed by atoms with Crippen molar-refractivity contribution in [2.45, 2.75) is 12.6 Å². The van der Waals surface area contributed by atoms with Gasteiger partial charge in [0.2, 0.25) is 0 Å². The lowest BCUT2D eigenvalue weighted by Gasteiger charge is -2.17. The Bertz CT molecular complexity index is 1390. The molecule has 1 N–H and O–H groups in total. The Labute approximate surface area is 212 Å². The summed E-state index contributed by atoms with van der Waals surface area (Å²) in [4.78, 5) is 13.0. The second-order valence-electron chi connectivity index (χ2n) is 8.10. The highest BCUT2D eigenvalue weighted by Crippen LogP contribution is 2.38. The molecule has 0 fully saturated rings. The van der Waals surface area contributed by atoms with Crippen LogP contribution in [-0.4, -0.2) is 20.1 Å². The van der Waals surface area contributed by atoms with E-state index in [2.05, 4.69) is 5.32 Å². The largest absolute Gasteiger partial charge is 0.493 e. The smallest absolute Gasteiger partial charge is 0.416 e. The molecule has 190 valence electrons. The van der Waals surface area contributed by atoms with E-state index in [1.165, 1.54) is 38.5 Å². The lowest BCUT2D eigenvalue weighted by Crippen LogP contribution is -2.14. The summed E-state index contributed by atoms with van der Waals surface area (Å²) in [7, 11) is 2.88. The molecule has 4 aromatic carbocycles. The normalized spacial score (nSPS) is 11.1. The van der Waals surface area contributed by atoms with E-state index in [9.17, 15) is 18.0 Å². The first-order valence-corrected chi connectivity index (χ1v) is 11.3. The molecule has 0 aliphatic rings. The van der Waals surface area contributed by atoms with Gasteiger partial charge in [0.25, 0.3) is 5.91 Å². The minimum Gasteiger partial charge on any atom is -0.493 e. The number of ether oxygens (including phenoxy) is 3. The highest BCUT2D eigenvalue weighted by molar-refractivity contribution is 6.05. The van der Waals surface area contributed by atoms with Gasteiger partial charge in [-0.25, -0.2) is 0 Å². The molecule has 4 aromatic rings. The van der Waals surface area contributed by atoms with Gasteiger partial charge in [0.1, 0.15) is 5.75 Å². The first-order valence-electron chi connectivity index (χ1n) is 11.3. The van der Waals surface area contributed by atoms with Gasteiger partial charge in [0.15, 0.2) is 17.2 Å². The Hall–Kier alpha value is -4.46. The number of nitrogens with one attached hydrogen (secondary N) is 1. The number of amides is 1. The maximum atomic E-state index is 13.5. The molecule has 8 heteroatoms. The SMILES string of the molecule is COc1ccc(C(=O)Nc2cc(C(F)(F)F)ccc2Oc2ccccc2Cc2ccccc2)cc1OC. The quantitative estimate of drug-likeness (QED) is 0.271. The summed E-state index contributed by atoms with van der Waals surface area (Å²) in [6.45, 7) is 0. The van der Waals surface area contributed by atoms with Crippen LogP contribution in [0.4, 0.5) is 18.9 Å². The third kappa shape index (κ3) is 6.22. The Morgan fingerprint density at radius 1 is 0.757 bits per heavy atom. The van der Waals surface area contributed by atoms with Crippen LogP contribution in [0.2, 0.25) is 0 Å². The predicted molar refractivity (Wildman–Crippen MR) is 135 cm³/mol. The second kappa shape index (κ2) is 11.1. The van der Waals surface area contributed by atoms with E-state index in [0.29, 0.717) is 23.7 Å². The molecule has 5 nitrogen and oxygen atoms in total. The van der Waals surface area contributed by atoms with Crippen LogP contribution in [0.1, 0.15) is 27.0 Å². The summed E-state index contributed by atoms with van der Waals surface area (Å²) in [5.74, 6) is 0.625. The summed E-state index contributed by atoms with van der Waals surface area (Å²) in [6.07, 6.45) is -4.04. The number of halogens is 3. The fraction of sp³-hybridized carbons (Fsp3) is 0.138. The van der Waals surface area contributed by atoms with E-state index < -0.39 is 17.6 Å². The highest BCUT2D eigenvalue weighted by Gasteiger charge is 2.31. The van der Waals surface area contributed by atoms with Crippen LogP contribution in [0.25, 0.3) is 0 Å². The summed E-state index contributed by atoms with van der Waals surface area (Å²) in [6, 6.07) is 24.4. The molecular weight excluding hydrogens is 483 g/mol. The number of anilines is 1. The van der Waals surface area contributed by atoms with Crippen LogP contribution in [0.3, 0.4) is 0 Å². The van der Waals surface area contributed by atoms with Crippen molar-refractivity contribution in [3.8, 4) is 23.0 Å². The Morgan fingerprint density at radius 2 is 1.43 bits per heavy atom. The maximum Gasteiger partial charge on any atom is 0.416 e. The summed E-state index contributed by atoms with van der Waals surface area (Å²) in [5.41, 5.74) is 1.02. The van der Waals surface area contributed by atoms with Gasteiger partial charge in [-0.1, -0.05) is 48.5 Å². The maximum absolute atomic E-state index is 13.5. The Balaban J connectivity index is 1.67. The van der Waals surface area contributed by atoms with Gasteiger partial charge in [-0.3, -0.25) is 4.79 Å². The van der Waals surface area contributed by atoms with Gasteiger partial charge in [0.05, 0.1) is 25.5 Å². The molecule has 0 saturated carbocycles. The number of benzene rings is 4. The van der Waals surface area contributed by atoms with E-state index in [1.54, 1.807) is 12.1 Å². The number of hydrogen-bond donors (Lipinski definition) is 1. The van der Waals surface area contributed by atoms with Crippen LogP contribution < -0.4 is 19.5 Å². The van der Waals surface area contributed by atoms with Gasteiger partial charge >= 0.3 is 6.18 Å². The van der Waals surface area contributed by atoms with E-state index in [1.807, 2.05) is 42.5 Å². The number of methoxy groups -OCH3 is 2. The molecule has 0 unspecified atom stereocenters. The molecule has 0 radical (unpaired) electrons. The molecule has 0 bridgehead atoms. The lowest BCUT2D eigenvalue weighted by molar-refractivity contribution is -0.137. The van der Waals surface area contributed by atoms with Crippen LogP contribution >= 0.6 is 0 Å². The van der Waals surface area contributed by atoms with Gasteiger partial charge in [-0.05, 0) is 53.6 Å². The molecule has 0 aliphatic carbocycles. The molecule has 0 aliphatic heterocycles. The molecule has 4 rings (SSSR count). The van der Waals surface area contributed by atoms with Crippen molar-refractivity contribution in [3.05, 3.63) is 113 Å². The monoisotopic (exact) mass is 507 g/mol. The number of para-hydroxylation sites is 1. The molecular formula is C29H24F3NO4. The van der Waals surface area contributed by atoms with Gasteiger partial charge < -0.3 is 19.5 Å². The minimum absolute atomic E-state index is 0.0716. The molecule has 1 amide bonds. The zero-order chi connectivity index (χ0) is 26.4. The number of carbonyl (C=O) groups is 1. The van der Waals surface area contributed by atoms with Gasteiger partial charge in [-0.2, -0.15) is 13.2 Å². The molecule has 0 heterocycles. The van der Waals surface area contributed by atoms with Gasteiger partial charge in [0, 0.05) is 12.0 Å². The summed E-state index contributed by atoms with van der Waals surface area (Å²) < 4.78 is 57.0. The number of carbonyl (C=O) groups excluding carboxylic acids is 1. The minimum atomic E-state index is -4.60. The fourth-order valence-corrected chi connectivity index (χ4v) is 3.75. The Morgan fingerprint density at radius 3 is 2.14 bits per heavy atom. The van der Waals surface area contributed by atoms with E-state index in [4.69, 9.17) is 14.2 Å². The van der Waals surface area contributed by atoms with Crippen molar-refractivity contribution >= 4 is 11.6 Å². The standard InChI is InChI=1S/C29H24F3NO4/c1-35-26-14-12-21(17-27(26)36-2)28(34)33-23-18-22(29(30,31)32)13-15-25(23)37-24-11-7-6-10-20(24)16-19-8-4-3-5-9-19/h3-15,17-18H,16H2,1-2H3,(H,33,34). The first-order chi connectivity index (χ1) is 17.8. The number of alkyl halides is 3. The van der Waals surface area contributed by atoms with Crippen LogP contribution in [-0.2, 0) is 12.6 Å². The molecule has 0 atom stereocenters. The van der Waals surface area contributed by atoms with Crippen molar-refractivity contribution in [1.82, 2.24) is 0 Å². The van der Waals surface area contributed by atoms with E-state index in [0.717, 1.165) is 23.3 Å². The van der Waals surface area contributed by atoms with Crippen molar-refractivity contribution in [1.29, 1.82) is 0 Å². The molecule has 0 spiro atoms.